The topological polar surface area (TPSA) is 81.8 Å². The third-order valence-electron chi connectivity index (χ3n) is 3.73. The number of nitro groups is 1. The molecule has 1 heterocycles. The van der Waals surface area contributed by atoms with E-state index in [9.17, 15) is 15.2 Å². The Bertz CT molecular complexity index is 513. The molecule has 7 heteroatoms. The molecule has 1 saturated heterocycles. The summed E-state index contributed by atoms with van der Waals surface area (Å²) < 4.78 is 11.5. The summed E-state index contributed by atoms with van der Waals surface area (Å²) >= 11 is 0. The van der Waals surface area contributed by atoms with Gasteiger partial charge in [-0.3, -0.25) is 10.1 Å². The second kappa shape index (κ2) is 4.21. The Kier molecular flexibility index (Phi) is 3.06. The molecule has 0 aliphatic carbocycles. The van der Waals surface area contributed by atoms with Crippen molar-refractivity contribution < 1.29 is 19.3 Å². The van der Waals surface area contributed by atoms with Crippen LogP contribution in [-0.2, 0) is 9.31 Å². The molecule has 2 rings (SSSR count). The molecule has 1 aliphatic rings. The van der Waals surface area contributed by atoms with Gasteiger partial charge in [0.2, 0.25) is 0 Å². The minimum absolute atomic E-state index is 0.0795. The number of non-ortho nitro benzene ring substituents is 1. The van der Waals surface area contributed by atoms with Crippen LogP contribution in [-0.4, -0.2) is 28.4 Å². The molecular weight excluding hydrogens is 249 g/mol. The summed E-state index contributed by atoms with van der Waals surface area (Å²) in [6.07, 6.45) is 0. The van der Waals surface area contributed by atoms with Crippen molar-refractivity contribution in [2.45, 2.75) is 38.9 Å². The monoisotopic (exact) mass is 265 g/mol. The van der Waals surface area contributed by atoms with E-state index < -0.39 is 23.2 Å². The molecule has 0 bridgehead atoms. The summed E-state index contributed by atoms with van der Waals surface area (Å²) in [7, 11) is -0.815. The highest BCUT2D eigenvalue weighted by atomic mass is 16.7. The molecule has 1 N–H and O–H groups in total. The van der Waals surface area contributed by atoms with Gasteiger partial charge < -0.3 is 14.4 Å². The maximum atomic E-state index is 10.8. The van der Waals surface area contributed by atoms with Crippen LogP contribution < -0.4 is 5.46 Å². The van der Waals surface area contributed by atoms with Gasteiger partial charge in [0, 0.05) is 17.6 Å². The van der Waals surface area contributed by atoms with Crippen LogP contribution in [0.25, 0.3) is 0 Å². The first-order chi connectivity index (χ1) is 8.64. The summed E-state index contributed by atoms with van der Waals surface area (Å²) in [5, 5.41) is 20.6. The largest absolute Gasteiger partial charge is 0.508 e. The molecule has 0 saturated carbocycles. The van der Waals surface area contributed by atoms with Crippen molar-refractivity contribution in [1.29, 1.82) is 0 Å². The lowest BCUT2D eigenvalue weighted by Crippen LogP contribution is -2.41. The summed E-state index contributed by atoms with van der Waals surface area (Å²) in [6, 6.07) is 3.79. The van der Waals surface area contributed by atoms with E-state index in [2.05, 4.69) is 0 Å². The van der Waals surface area contributed by atoms with Crippen LogP contribution in [0, 0.1) is 10.1 Å². The molecule has 1 aromatic rings. The zero-order valence-electron chi connectivity index (χ0n) is 11.3. The van der Waals surface area contributed by atoms with Gasteiger partial charge in [0.1, 0.15) is 5.75 Å². The van der Waals surface area contributed by atoms with E-state index in [4.69, 9.17) is 9.31 Å². The highest BCUT2D eigenvalue weighted by Crippen LogP contribution is 2.37. The van der Waals surface area contributed by atoms with Crippen molar-refractivity contribution in [3.8, 4) is 5.75 Å². The lowest BCUT2D eigenvalue weighted by molar-refractivity contribution is -0.384. The highest BCUT2D eigenvalue weighted by Gasteiger charge is 2.52. The first-order valence-electron chi connectivity index (χ1n) is 5.97. The number of rotatable bonds is 2. The van der Waals surface area contributed by atoms with Crippen molar-refractivity contribution in [2.75, 3.05) is 0 Å². The number of phenolic OH excluding ortho intramolecular Hbond substituents is 1. The zero-order valence-corrected chi connectivity index (χ0v) is 11.3. The van der Waals surface area contributed by atoms with Crippen molar-refractivity contribution in [3.05, 3.63) is 28.3 Å². The smallest absolute Gasteiger partial charge is 0.498 e. The fourth-order valence-corrected chi connectivity index (χ4v) is 1.81. The van der Waals surface area contributed by atoms with E-state index in [1.54, 1.807) is 0 Å². The molecule has 0 unspecified atom stereocenters. The number of phenols is 1. The van der Waals surface area contributed by atoms with Gasteiger partial charge >= 0.3 is 7.12 Å². The predicted molar refractivity (Wildman–Crippen MR) is 70.5 cm³/mol. The molecule has 0 aromatic heterocycles. The maximum absolute atomic E-state index is 10.8. The average Bonchev–Trinajstić information content (AvgIpc) is 2.48. The van der Waals surface area contributed by atoms with Crippen LogP contribution in [0.1, 0.15) is 27.7 Å². The highest BCUT2D eigenvalue weighted by molar-refractivity contribution is 6.63. The first-order valence-corrected chi connectivity index (χ1v) is 5.97. The van der Waals surface area contributed by atoms with Crippen LogP contribution in [0.2, 0.25) is 0 Å². The Hall–Kier alpha value is -1.60. The molecule has 6 nitrogen and oxygen atoms in total. The number of nitrogens with zero attached hydrogens (tertiary/aromatic N) is 1. The molecule has 102 valence electrons. The Morgan fingerprint density at radius 2 is 1.74 bits per heavy atom. The second-order valence-electron chi connectivity index (χ2n) is 5.59. The van der Waals surface area contributed by atoms with Crippen molar-refractivity contribution in [1.82, 2.24) is 0 Å². The van der Waals surface area contributed by atoms with Gasteiger partial charge in [-0.05, 0) is 33.8 Å². The van der Waals surface area contributed by atoms with Crippen molar-refractivity contribution in [3.63, 3.8) is 0 Å². The second-order valence-corrected chi connectivity index (χ2v) is 5.59. The molecule has 1 fully saturated rings. The van der Waals surface area contributed by atoms with Crippen molar-refractivity contribution >= 4 is 18.3 Å². The zero-order chi connectivity index (χ0) is 14.4. The van der Waals surface area contributed by atoms with E-state index in [-0.39, 0.29) is 16.9 Å². The number of hydrogen-bond donors (Lipinski definition) is 1. The van der Waals surface area contributed by atoms with E-state index >= 15 is 0 Å². The number of hydrogen-bond acceptors (Lipinski definition) is 5. The Labute approximate surface area is 111 Å². The number of nitro benzene ring substituents is 1. The minimum atomic E-state index is -0.815. The van der Waals surface area contributed by atoms with Gasteiger partial charge in [-0.25, -0.2) is 0 Å². The Morgan fingerprint density at radius 1 is 1.21 bits per heavy atom. The van der Waals surface area contributed by atoms with Crippen LogP contribution in [0.3, 0.4) is 0 Å². The summed E-state index contributed by atoms with van der Waals surface area (Å²) in [5.41, 5.74) is -0.959. The van der Waals surface area contributed by atoms with E-state index in [0.717, 1.165) is 0 Å². The molecule has 0 amide bonds. The molecule has 1 aromatic carbocycles. The van der Waals surface area contributed by atoms with E-state index in [0.29, 0.717) is 0 Å². The fraction of sp³-hybridized carbons (Fsp3) is 0.500. The van der Waals surface area contributed by atoms with E-state index in [1.165, 1.54) is 18.2 Å². The van der Waals surface area contributed by atoms with Gasteiger partial charge in [0.05, 0.1) is 16.1 Å². The van der Waals surface area contributed by atoms with E-state index in [1.807, 2.05) is 27.7 Å². The van der Waals surface area contributed by atoms with Gasteiger partial charge in [-0.1, -0.05) is 0 Å². The Balaban J connectivity index is 2.39. The summed E-state index contributed by atoms with van der Waals surface area (Å²) in [6.45, 7) is 7.51. The van der Waals surface area contributed by atoms with Gasteiger partial charge in [0.15, 0.2) is 0 Å². The third kappa shape index (κ3) is 2.31. The number of aromatic hydroxyl groups is 1. The normalized spacial score (nSPS) is 20.5. The lowest BCUT2D eigenvalue weighted by Gasteiger charge is -2.32. The molecular formula is C12H16BNO5. The van der Waals surface area contributed by atoms with Crippen LogP contribution in [0.4, 0.5) is 5.69 Å². The molecule has 0 radical (unpaired) electrons. The van der Waals surface area contributed by atoms with Gasteiger partial charge in [-0.15, -0.1) is 0 Å². The molecule has 1 aliphatic heterocycles. The number of benzene rings is 1. The Morgan fingerprint density at radius 3 is 2.21 bits per heavy atom. The standard InChI is InChI=1S/C12H16BNO5/c1-11(2)12(3,4)19-13(18-11)9-7-8(14(16)17)5-6-10(9)15/h5-7,15H,1-4H3. The quantitative estimate of drug-likeness (QED) is 0.499. The fourth-order valence-electron chi connectivity index (χ4n) is 1.81. The van der Waals surface area contributed by atoms with Gasteiger partial charge in [0.25, 0.3) is 5.69 Å². The summed E-state index contributed by atoms with van der Waals surface area (Å²) in [5.74, 6) is -0.0795. The minimum Gasteiger partial charge on any atom is -0.508 e. The SMILES string of the molecule is CC1(C)OB(c2cc([N+](=O)[O-])ccc2O)OC1(C)C. The maximum Gasteiger partial charge on any atom is 0.498 e. The summed E-state index contributed by atoms with van der Waals surface area (Å²) in [4.78, 5) is 10.3. The van der Waals surface area contributed by atoms with Gasteiger partial charge in [-0.2, -0.15) is 0 Å². The molecule has 0 spiro atoms. The average molecular weight is 265 g/mol. The van der Waals surface area contributed by atoms with Crippen LogP contribution in [0.5, 0.6) is 5.75 Å². The molecule has 0 atom stereocenters. The third-order valence-corrected chi connectivity index (χ3v) is 3.73. The predicted octanol–water partition coefficient (Wildman–Crippen LogP) is 1.60. The molecule has 19 heavy (non-hydrogen) atoms. The first kappa shape index (κ1) is 13.8. The van der Waals surface area contributed by atoms with Crippen LogP contribution >= 0.6 is 0 Å². The van der Waals surface area contributed by atoms with Crippen molar-refractivity contribution in [2.24, 2.45) is 0 Å². The lowest BCUT2D eigenvalue weighted by atomic mass is 9.78. The van der Waals surface area contributed by atoms with Crippen LogP contribution in [0.15, 0.2) is 18.2 Å².